The molecular formula is C13H26ClN3O. The first-order valence-corrected chi connectivity index (χ1v) is 6.92. The Hall–Kier alpha value is -0.320. The van der Waals surface area contributed by atoms with Crippen LogP contribution < -0.4 is 5.32 Å². The van der Waals surface area contributed by atoms with Crippen molar-refractivity contribution in [2.75, 3.05) is 33.2 Å². The average Bonchev–Trinajstić information content (AvgIpc) is 3.03. The van der Waals surface area contributed by atoms with E-state index in [1.165, 1.54) is 19.3 Å². The lowest BCUT2D eigenvalue weighted by atomic mass is 10.2. The summed E-state index contributed by atoms with van der Waals surface area (Å²) in [5.74, 6) is 0.299. The summed E-state index contributed by atoms with van der Waals surface area (Å²) in [6, 6.07) is 1.10. The summed E-state index contributed by atoms with van der Waals surface area (Å²) in [4.78, 5) is 16.4. The van der Waals surface area contributed by atoms with Gasteiger partial charge in [-0.25, -0.2) is 0 Å². The molecular weight excluding hydrogens is 250 g/mol. The monoisotopic (exact) mass is 275 g/mol. The molecule has 1 amide bonds. The van der Waals surface area contributed by atoms with E-state index >= 15 is 0 Å². The Morgan fingerprint density at radius 3 is 2.50 bits per heavy atom. The largest absolute Gasteiger partial charge is 0.342 e. The first-order valence-electron chi connectivity index (χ1n) is 6.92. The highest BCUT2D eigenvalue weighted by molar-refractivity contribution is 5.85. The molecule has 18 heavy (non-hydrogen) atoms. The van der Waals surface area contributed by atoms with Crippen LogP contribution in [0.2, 0.25) is 0 Å². The molecule has 0 bridgehead atoms. The minimum absolute atomic E-state index is 0. The second-order valence-electron chi connectivity index (χ2n) is 5.35. The summed E-state index contributed by atoms with van der Waals surface area (Å²) in [6.07, 6.45) is 4.69. The topological polar surface area (TPSA) is 35.6 Å². The van der Waals surface area contributed by atoms with E-state index in [1.807, 2.05) is 11.9 Å². The van der Waals surface area contributed by atoms with Crippen molar-refractivity contribution < 1.29 is 4.79 Å². The maximum atomic E-state index is 12.1. The molecule has 4 nitrogen and oxygen atoms in total. The first kappa shape index (κ1) is 15.7. The number of amides is 1. The van der Waals surface area contributed by atoms with Crippen LogP contribution in [0.3, 0.4) is 0 Å². The number of rotatable bonds is 6. The van der Waals surface area contributed by atoms with E-state index in [0.717, 1.165) is 26.1 Å². The van der Waals surface area contributed by atoms with Crippen LogP contribution >= 0.6 is 12.4 Å². The van der Waals surface area contributed by atoms with Crippen LogP contribution in [0.1, 0.15) is 32.6 Å². The lowest BCUT2D eigenvalue weighted by Crippen LogP contribution is -2.45. The van der Waals surface area contributed by atoms with Crippen LogP contribution in [-0.2, 0) is 4.79 Å². The fraction of sp³-hybridized carbons (Fsp3) is 0.923. The van der Waals surface area contributed by atoms with E-state index in [-0.39, 0.29) is 12.4 Å². The van der Waals surface area contributed by atoms with Crippen molar-refractivity contribution in [1.29, 1.82) is 0 Å². The third-order valence-corrected chi connectivity index (χ3v) is 3.89. The van der Waals surface area contributed by atoms with E-state index in [9.17, 15) is 4.79 Å². The molecule has 1 unspecified atom stereocenters. The highest BCUT2D eigenvalue weighted by Gasteiger charge is 2.31. The third kappa shape index (κ3) is 4.11. The van der Waals surface area contributed by atoms with Gasteiger partial charge in [0.25, 0.3) is 0 Å². The van der Waals surface area contributed by atoms with Crippen LogP contribution in [0.15, 0.2) is 0 Å². The third-order valence-electron chi connectivity index (χ3n) is 3.89. The summed E-state index contributed by atoms with van der Waals surface area (Å²) in [6.45, 7) is 5.96. The van der Waals surface area contributed by atoms with E-state index in [2.05, 4.69) is 17.1 Å². The van der Waals surface area contributed by atoms with Gasteiger partial charge in [0.15, 0.2) is 0 Å². The van der Waals surface area contributed by atoms with Gasteiger partial charge in [-0.3, -0.25) is 9.69 Å². The molecule has 2 fully saturated rings. The van der Waals surface area contributed by atoms with Crippen LogP contribution in [0.5, 0.6) is 0 Å². The number of hydrogen-bond acceptors (Lipinski definition) is 3. The molecule has 1 heterocycles. The van der Waals surface area contributed by atoms with Crippen molar-refractivity contribution in [1.82, 2.24) is 15.1 Å². The molecule has 0 spiro atoms. The van der Waals surface area contributed by atoms with Crippen LogP contribution in [0.25, 0.3) is 0 Å². The fourth-order valence-corrected chi connectivity index (χ4v) is 2.58. The predicted octanol–water partition coefficient (Wildman–Crippen LogP) is 1.10. The van der Waals surface area contributed by atoms with Crippen molar-refractivity contribution >= 4 is 18.3 Å². The zero-order valence-corrected chi connectivity index (χ0v) is 12.3. The van der Waals surface area contributed by atoms with Gasteiger partial charge in [0.1, 0.15) is 0 Å². The predicted molar refractivity (Wildman–Crippen MR) is 76.2 cm³/mol. The molecule has 1 saturated carbocycles. The number of hydrogen-bond donors (Lipinski definition) is 1. The van der Waals surface area contributed by atoms with Gasteiger partial charge in [-0.2, -0.15) is 0 Å². The SMILES string of the molecule is CCCN(CC(=O)N(C)C1CC1)C1CCNC1.Cl. The zero-order valence-electron chi connectivity index (χ0n) is 11.5. The molecule has 2 rings (SSSR count). The quantitative estimate of drug-likeness (QED) is 0.789. The maximum absolute atomic E-state index is 12.1. The molecule has 0 radical (unpaired) electrons. The summed E-state index contributed by atoms with van der Waals surface area (Å²) in [7, 11) is 1.96. The molecule has 1 N–H and O–H groups in total. The molecule has 1 saturated heterocycles. The van der Waals surface area contributed by atoms with Gasteiger partial charge in [0, 0.05) is 25.7 Å². The molecule has 106 valence electrons. The molecule has 1 aliphatic carbocycles. The van der Waals surface area contributed by atoms with Crippen LogP contribution in [0, 0.1) is 0 Å². The molecule has 1 atom stereocenters. The Morgan fingerprint density at radius 2 is 2.00 bits per heavy atom. The second kappa shape index (κ2) is 7.31. The Morgan fingerprint density at radius 1 is 1.28 bits per heavy atom. The molecule has 1 aliphatic heterocycles. The highest BCUT2D eigenvalue weighted by atomic mass is 35.5. The number of nitrogens with zero attached hydrogens (tertiary/aromatic N) is 2. The van der Waals surface area contributed by atoms with Crippen LogP contribution in [0.4, 0.5) is 0 Å². The number of likely N-dealkylation sites (N-methyl/N-ethyl adjacent to an activating group) is 1. The lowest BCUT2D eigenvalue weighted by molar-refractivity contribution is -0.132. The normalized spacial score (nSPS) is 22.9. The van der Waals surface area contributed by atoms with Gasteiger partial charge in [-0.1, -0.05) is 6.92 Å². The summed E-state index contributed by atoms with van der Waals surface area (Å²) >= 11 is 0. The maximum Gasteiger partial charge on any atom is 0.236 e. The van der Waals surface area contributed by atoms with E-state index in [0.29, 0.717) is 24.5 Å². The number of carbonyl (C=O) groups excluding carboxylic acids is 1. The number of halogens is 1. The van der Waals surface area contributed by atoms with Crippen molar-refractivity contribution in [2.45, 2.75) is 44.7 Å². The average molecular weight is 276 g/mol. The van der Waals surface area contributed by atoms with E-state index in [1.54, 1.807) is 0 Å². The molecule has 0 aromatic carbocycles. The Kier molecular flexibility index (Phi) is 6.39. The summed E-state index contributed by atoms with van der Waals surface area (Å²) in [5.41, 5.74) is 0. The van der Waals surface area contributed by atoms with Crippen molar-refractivity contribution in [2.24, 2.45) is 0 Å². The van der Waals surface area contributed by atoms with Gasteiger partial charge >= 0.3 is 0 Å². The standard InChI is InChI=1S/C13H25N3O.ClH/c1-3-8-16(12-6-7-14-9-12)10-13(17)15(2)11-4-5-11;/h11-12,14H,3-10H2,1-2H3;1H. The highest BCUT2D eigenvalue weighted by Crippen LogP contribution is 2.25. The first-order chi connectivity index (χ1) is 8.22. The summed E-state index contributed by atoms with van der Waals surface area (Å²) < 4.78 is 0. The minimum Gasteiger partial charge on any atom is -0.342 e. The molecule has 2 aliphatic rings. The molecule has 0 aromatic rings. The fourth-order valence-electron chi connectivity index (χ4n) is 2.58. The van der Waals surface area contributed by atoms with Gasteiger partial charge in [0.05, 0.1) is 6.54 Å². The Bertz CT molecular complexity index is 265. The minimum atomic E-state index is 0. The van der Waals surface area contributed by atoms with Crippen molar-refractivity contribution in [3.8, 4) is 0 Å². The van der Waals surface area contributed by atoms with Gasteiger partial charge in [-0.15, -0.1) is 12.4 Å². The zero-order chi connectivity index (χ0) is 12.3. The molecule has 5 heteroatoms. The Labute approximate surface area is 116 Å². The lowest BCUT2D eigenvalue weighted by Gasteiger charge is -2.29. The summed E-state index contributed by atoms with van der Waals surface area (Å²) in [5, 5.41) is 3.38. The van der Waals surface area contributed by atoms with Crippen molar-refractivity contribution in [3.63, 3.8) is 0 Å². The molecule has 0 aromatic heterocycles. The Balaban J connectivity index is 0.00000162. The van der Waals surface area contributed by atoms with Crippen molar-refractivity contribution in [3.05, 3.63) is 0 Å². The smallest absolute Gasteiger partial charge is 0.236 e. The second-order valence-corrected chi connectivity index (χ2v) is 5.35. The number of nitrogens with one attached hydrogen (secondary N) is 1. The van der Waals surface area contributed by atoms with Gasteiger partial charge < -0.3 is 10.2 Å². The van der Waals surface area contributed by atoms with E-state index in [4.69, 9.17) is 0 Å². The van der Waals surface area contributed by atoms with Gasteiger partial charge in [0.2, 0.25) is 5.91 Å². The number of carbonyl (C=O) groups is 1. The van der Waals surface area contributed by atoms with E-state index < -0.39 is 0 Å². The van der Waals surface area contributed by atoms with Crippen LogP contribution in [-0.4, -0.2) is 61.0 Å². The van der Waals surface area contributed by atoms with Gasteiger partial charge in [-0.05, 0) is 38.8 Å².